The number of ether oxygens (including phenoxy) is 1. The minimum Gasteiger partial charge on any atom is -0.492 e. The molecule has 1 fully saturated rings. The van der Waals surface area contributed by atoms with E-state index in [9.17, 15) is 0 Å². The number of piperidine rings is 1. The van der Waals surface area contributed by atoms with Gasteiger partial charge < -0.3 is 19.9 Å². The molecule has 0 spiro atoms. The summed E-state index contributed by atoms with van der Waals surface area (Å²) < 4.78 is 5.95. The average molecular weight is 488 g/mol. The molecule has 0 aliphatic carbocycles. The van der Waals surface area contributed by atoms with Crippen LogP contribution in [0.5, 0.6) is 5.75 Å². The summed E-state index contributed by atoms with van der Waals surface area (Å²) in [6, 6.07) is 10.5. The van der Waals surface area contributed by atoms with Crippen molar-refractivity contribution in [3.8, 4) is 5.75 Å². The molecule has 0 saturated carbocycles. The van der Waals surface area contributed by atoms with E-state index in [2.05, 4.69) is 71.0 Å². The van der Waals surface area contributed by atoms with Crippen LogP contribution in [0.1, 0.15) is 44.7 Å². The number of aromatic nitrogens is 1. The van der Waals surface area contributed by atoms with Gasteiger partial charge in [0.2, 0.25) is 5.96 Å². The topological polar surface area (TPSA) is 77.7 Å². The van der Waals surface area contributed by atoms with E-state index in [4.69, 9.17) is 14.7 Å². The van der Waals surface area contributed by atoms with Crippen molar-refractivity contribution in [3.63, 3.8) is 0 Å². The minimum absolute atomic E-state index is 0.0168. The molecule has 4 heterocycles. The fourth-order valence-corrected chi connectivity index (χ4v) is 4.86. The van der Waals surface area contributed by atoms with Crippen LogP contribution in [0.3, 0.4) is 0 Å². The number of amidine groups is 1. The van der Waals surface area contributed by atoms with Gasteiger partial charge in [-0.05, 0) is 60.4 Å². The number of aliphatic imine (C=N–C) groups is 3. The summed E-state index contributed by atoms with van der Waals surface area (Å²) >= 11 is 0. The number of benzene rings is 1. The van der Waals surface area contributed by atoms with Gasteiger partial charge in [-0.3, -0.25) is 4.98 Å². The number of anilines is 1. The maximum absolute atomic E-state index is 5.95. The largest absolute Gasteiger partial charge is 0.492 e. The number of guanidine groups is 1. The van der Waals surface area contributed by atoms with Crippen LogP contribution in [0.2, 0.25) is 0 Å². The molecule has 0 amide bonds. The van der Waals surface area contributed by atoms with Crippen LogP contribution in [-0.2, 0) is 5.41 Å². The monoisotopic (exact) mass is 487 g/mol. The molecule has 3 aliphatic heterocycles. The molecule has 0 radical (unpaired) electrons. The number of nitrogens with one attached hydrogen (secondary N) is 1. The quantitative estimate of drug-likeness (QED) is 0.695. The van der Waals surface area contributed by atoms with Crippen LogP contribution in [0.4, 0.5) is 5.69 Å². The third-order valence-corrected chi connectivity index (χ3v) is 7.25. The van der Waals surface area contributed by atoms with Gasteiger partial charge in [-0.2, -0.15) is 4.99 Å². The fraction of sp³-hybridized carbons (Fsp3) is 0.500. The van der Waals surface area contributed by atoms with Crippen LogP contribution >= 0.6 is 0 Å². The van der Waals surface area contributed by atoms with Crippen molar-refractivity contribution in [1.82, 2.24) is 14.8 Å². The van der Waals surface area contributed by atoms with Crippen LogP contribution in [0.25, 0.3) is 0 Å². The Morgan fingerprint density at radius 3 is 2.67 bits per heavy atom. The van der Waals surface area contributed by atoms with Gasteiger partial charge in [-0.1, -0.05) is 32.9 Å². The van der Waals surface area contributed by atoms with Gasteiger partial charge >= 0.3 is 0 Å². The highest BCUT2D eigenvalue weighted by atomic mass is 16.5. The number of likely N-dealkylation sites (N-methyl/N-ethyl adjacent to an activating group) is 1. The molecule has 36 heavy (non-hydrogen) atoms. The second-order valence-electron chi connectivity index (χ2n) is 11.0. The lowest BCUT2D eigenvalue weighted by molar-refractivity contribution is 0.179. The maximum atomic E-state index is 5.95. The third-order valence-electron chi connectivity index (χ3n) is 7.25. The van der Waals surface area contributed by atoms with Crippen LogP contribution in [-0.4, -0.2) is 71.9 Å². The average Bonchev–Trinajstić information content (AvgIpc) is 3.25. The van der Waals surface area contributed by atoms with Gasteiger partial charge in [-0.25, -0.2) is 9.98 Å². The summed E-state index contributed by atoms with van der Waals surface area (Å²) in [4.78, 5) is 23.2. The van der Waals surface area contributed by atoms with Crippen molar-refractivity contribution < 1.29 is 4.74 Å². The molecule has 5 rings (SSSR count). The molecule has 8 heteroatoms. The number of hydrogen-bond donors (Lipinski definition) is 1. The molecular formula is C28H37N7O. The predicted octanol–water partition coefficient (Wildman–Crippen LogP) is 4.33. The molecule has 2 atom stereocenters. The van der Waals surface area contributed by atoms with E-state index in [0.717, 1.165) is 49.2 Å². The smallest absolute Gasteiger partial charge is 0.224 e. The number of aryl methyl sites for hydroxylation is 1. The number of fused-ring (bicyclic) bond motifs is 1. The first kappa shape index (κ1) is 24.3. The molecule has 1 saturated heterocycles. The first-order chi connectivity index (χ1) is 17.3. The second-order valence-corrected chi connectivity index (χ2v) is 11.0. The molecule has 0 bridgehead atoms. The molecule has 2 aromatic rings. The summed E-state index contributed by atoms with van der Waals surface area (Å²) in [5.41, 5.74) is 3.66. The van der Waals surface area contributed by atoms with Crippen molar-refractivity contribution in [2.45, 2.75) is 58.2 Å². The van der Waals surface area contributed by atoms with Gasteiger partial charge in [0.25, 0.3) is 0 Å². The predicted molar refractivity (Wildman–Crippen MR) is 146 cm³/mol. The Morgan fingerprint density at radius 1 is 1.14 bits per heavy atom. The van der Waals surface area contributed by atoms with Gasteiger partial charge in [0.05, 0.1) is 19.1 Å². The number of nitrogens with zero attached hydrogens (tertiary/aromatic N) is 6. The molecule has 1 N–H and O–H groups in total. The highest BCUT2D eigenvalue weighted by Gasteiger charge is 2.38. The normalized spacial score (nSPS) is 22.2. The van der Waals surface area contributed by atoms with Gasteiger partial charge in [0.15, 0.2) is 6.17 Å². The zero-order valence-corrected chi connectivity index (χ0v) is 22.0. The van der Waals surface area contributed by atoms with E-state index in [1.165, 1.54) is 11.1 Å². The molecule has 1 aromatic carbocycles. The SMILES string of the molecule is Cc1ccc(C(C)(C)C)cc1NC1=NC(N2CCC(COc3cccnc3)CC2)=NC2N=CN(C)C12. The zero-order chi connectivity index (χ0) is 25.3. The van der Waals surface area contributed by atoms with Gasteiger partial charge in [0.1, 0.15) is 17.6 Å². The highest BCUT2D eigenvalue weighted by molar-refractivity contribution is 6.09. The summed E-state index contributed by atoms with van der Waals surface area (Å²) in [5, 5.41) is 3.67. The van der Waals surface area contributed by atoms with Crippen molar-refractivity contribution in [1.29, 1.82) is 0 Å². The summed E-state index contributed by atoms with van der Waals surface area (Å²) in [7, 11) is 2.04. The zero-order valence-electron chi connectivity index (χ0n) is 22.0. The van der Waals surface area contributed by atoms with Crippen molar-refractivity contribution in [2.24, 2.45) is 20.9 Å². The van der Waals surface area contributed by atoms with Gasteiger partial charge in [-0.15, -0.1) is 0 Å². The maximum Gasteiger partial charge on any atom is 0.224 e. The third kappa shape index (κ3) is 5.22. The Balaban J connectivity index is 1.30. The summed E-state index contributed by atoms with van der Waals surface area (Å²) in [5.74, 6) is 3.03. The molecule has 190 valence electrons. The minimum atomic E-state index is -0.178. The van der Waals surface area contributed by atoms with E-state index < -0.39 is 0 Å². The Bertz CT molecular complexity index is 1160. The van der Waals surface area contributed by atoms with E-state index in [-0.39, 0.29) is 17.6 Å². The lowest BCUT2D eigenvalue weighted by atomic mass is 9.86. The van der Waals surface area contributed by atoms with E-state index in [1.54, 1.807) is 12.4 Å². The van der Waals surface area contributed by atoms with Crippen molar-refractivity contribution in [3.05, 3.63) is 53.9 Å². The highest BCUT2D eigenvalue weighted by Crippen LogP contribution is 2.29. The Morgan fingerprint density at radius 2 is 1.94 bits per heavy atom. The number of likely N-dealkylation sites (tertiary alicyclic amines) is 1. The van der Waals surface area contributed by atoms with Crippen LogP contribution in [0, 0.1) is 12.8 Å². The van der Waals surface area contributed by atoms with Crippen LogP contribution in [0.15, 0.2) is 57.7 Å². The second kappa shape index (κ2) is 9.91. The van der Waals surface area contributed by atoms with Gasteiger partial charge in [0, 0.05) is 32.0 Å². The lowest BCUT2D eigenvalue weighted by Gasteiger charge is -2.36. The van der Waals surface area contributed by atoms with Crippen LogP contribution < -0.4 is 10.1 Å². The molecular weight excluding hydrogens is 450 g/mol. The Kier molecular flexibility index (Phi) is 6.69. The van der Waals surface area contributed by atoms with E-state index in [0.29, 0.717) is 12.5 Å². The van der Waals surface area contributed by atoms with E-state index in [1.807, 2.05) is 25.5 Å². The lowest BCUT2D eigenvalue weighted by Crippen LogP contribution is -2.49. The standard InChI is InChI=1S/C28H37N7O/c1-19-8-9-21(28(2,3)4)15-23(19)31-26-24-25(30-18-34(24)5)32-27(33-26)35-13-10-20(11-14-35)17-36-22-7-6-12-29-16-22/h6-9,12,15-16,18,20,24-25H,10-11,13-14,17H2,1-5H3,(H,31,32,33). The number of pyridine rings is 1. The first-order valence-corrected chi connectivity index (χ1v) is 12.9. The number of hydrogen-bond acceptors (Lipinski definition) is 8. The first-order valence-electron chi connectivity index (χ1n) is 12.9. The fourth-order valence-electron chi connectivity index (χ4n) is 4.86. The summed E-state index contributed by atoms with van der Waals surface area (Å²) in [6.07, 6.45) is 7.31. The number of rotatable bonds is 4. The van der Waals surface area contributed by atoms with Crippen molar-refractivity contribution in [2.75, 3.05) is 32.1 Å². The molecule has 1 aromatic heterocycles. The van der Waals surface area contributed by atoms with Crippen molar-refractivity contribution >= 4 is 23.8 Å². The summed E-state index contributed by atoms with van der Waals surface area (Å²) in [6.45, 7) is 11.4. The van der Waals surface area contributed by atoms with E-state index >= 15 is 0 Å². The molecule has 2 unspecified atom stereocenters. The Hall–Kier alpha value is -3.42. The molecule has 8 nitrogen and oxygen atoms in total. The Labute approximate surface area is 214 Å². The molecule has 3 aliphatic rings.